The first-order valence-electron chi connectivity index (χ1n) is 8.48. The van der Waals surface area contributed by atoms with Gasteiger partial charge >= 0.3 is 0 Å². The Morgan fingerprint density at radius 3 is 2.75 bits per heavy atom. The van der Waals surface area contributed by atoms with Crippen molar-refractivity contribution in [1.29, 1.82) is 5.26 Å². The average Bonchev–Trinajstić information content (AvgIpc) is 3.18. The Kier molecular flexibility index (Phi) is 5.68. The Hall–Kier alpha value is -2.10. The smallest absolute Gasteiger partial charge is 0.194 e. The molecule has 1 aromatic carbocycles. The largest absolute Gasteiger partial charge is 0.375 e. The van der Waals surface area contributed by atoms with Gasteiger partial charge in [-0.05, 0) is 30.5 Å². The molecular weight excluding hydrogens is 304 g/mol. The Morgan fingerprint density at radius 1 is 1.29 bits per heavy atom. The van der Waals surface area contributed by atoms with Crippen LogP contribution in [-0.2, 0) is 16.0 Å². The van der Waals surface area contributed by atoms with E-state index in [1.54, 1.807) is 7.05 Å². The first-order chi connectivity index (χ1) is 11.8. The molecule has 0 saturated carbocycles. The van der Waals surface area contributed by atoms with Crippen molar-refractivity contribution in [2.75, 3.05) is 33.4 Å². The van der Waals surface area contributed by atoms with Crippen LogP contribution >= 0.6 is 0 Å². The maximum atomic E-state index is 8.86. The summed E-state index contributed by atoms with van der Waals surface area (Å²) in [4.78, 5) is 6.64. The molecule has 2 atom stereocenters. The monoisotopic (exact) mass is 328 g/mol. The molecule has 2 saturated heterocycles. The predicted octanol–water partition coefficient (Wildman–Crippen LogP) is 1.51. The van der Waals surface area contributed by atoms with E-state index in [9.17, 15) is 0 Å². The minimum atomic E-state index is 0.120. The van der Waals surface area contributed by atoms with Gasteiger partial charge in [0.1, 0.15) is 6.10 Å². The molecule has 0 aliphatic carbocycles. The molecule has 3 rings (SSSR count). The van der Waals surface area contributed by atoms with Crippen LogP contribution in [0.2, 0.25) is 0 Å². The quantitative estimate of drug-likeness (QED) is 0.673. The van der Waals surface area contributed by atoms with Gasteiger partial charge < -0.3 is 19.7 Å². The maximum Gasteiger partial charge on any atom is 0.194 e. The first kappa shape index (κ1) is 16.7. The van der Waals surface area contributed by atoms with Crippen LogP contribution in [0, 0.1) is 11.3 Å². The topological polar surface area (TPSA) is 69.9 Å². The summed E-state index contributed by atoms with van der Waals surface area (Å²) in [6.45, 7) is 3.85. The number of nitrogens with one attached hydrogen (secondary N) is 1. The Bertz CT molecular complexity index is 602. The van der Waals surface area contributed by atoms with Crippen molar-refractivity contribution in [3.8, 4) is 6.07 Å². The third-order valence-corrected chi connectivity index (χ3v) is 4.52. The van der Waals surface area contributed by atoms with E-state index in [-0.39, 0.29) is 12.2 Å². The Labute approximate surface area is 143 Å². The summed E-state index contributed by atoms with van der Waals surface area (Å²) in [5.74, 6) is 0.880. The van der Waals surface area contributed by atoms with Gasteiger partial charge in [0.2, 0.25) is 0 Å². The zero-order valence-electron chi connectivity index (χ0n) is 14.1. The van der Waals surface area contributed by atoms with Gasteiger partial charge in [0.15, 0.2) is 5.96 Å². The van der Waals surface area contributed by atoms with E-state index in [1.165, 1.54) is 0 Å². The van der Waals surface area contributed by atoms with Gasteiger partial charge in [-0.2, -0.15) is 5.26 Å². The van der Waals surface area contributed by atoms with Gasteiger partial charge in [-0.1, -0.05) is 12.1 Å². The van der Waals surface area contributed by atoms with E-state index in [0.717, 1.165) is 44.1 Å². The third kappa shape index (κ3) is 4.05. The third-order valence-electron chi connectivity index (χ3n) is 4.52. The predicted molar refractivity (Wildman–Crippen MR) is 91.6 cm³/mol. The Balaban J connectivity index is 1.55. The second kappa shape index (κ2) is 8.13. The molecule has 2 unspecified atom stereocenters. The summed E-state index contributed by atoms with van der Waals surface area (Å²) in [7, 11) is 1.80. The number of ether oxygens (including phenoxy) is 2. The second-order valence-electron chi connectivity index (χ2n) is 6.12. The van der Waals surface area contributed by atoms with Crippen molar-refractivity contribution < 1.29 is 9.47 Å². The molecule has 0 aromatic heterocycles. The van der Waals surface area contributed by atoms with Crippen LogP contribution in [0.4, 0.5) is 0 Å². The van der Waals surface area contributed by atoms with Gasteiger partial charge in [0.05, 0.1) is 24.3 Å². The molecule has 128 valence electrons. The fraction of sp³-hybridized carbons (Fsp3) is 0.556. The molecule has 6 nitrogen and oxygen atoms in total. The van der Waals surface area contributed by atoms with Crippen LogP contribution in [0.1, 0.15) is 24.0 Å². The van der Waals surface area contributed by atoms with E-state index < -0.39 is 0 Å². The number of rotatable bonds is 3. The van der Waals surface area contributed by atoms with Crippen molar-refractivity contribution >= 4 is 5.96 Å². The molecule has 0 amide bonds. The highest BCUT2D eigenvalue weighted by Crippen LogP contribution is 2.21. The van der Waals surface area contributed by atoms with Gasteiger partial charge in [0.25, 0.3) is 0 Å². The van der Waals surface area contributed by atoms with Crippen LogP contribution < -0.4 is 5.32 Å². The lowest BCUT2D eigenvalue weighted by Gasteiger charge is -2.37. The van der Waals surface area contributed by atoms with Crippen molar-refractivity contribution in [3.63, 3.8) is 0 Å². The lowest BCUT2D eigenvalue weighted by Crippen LogP contribution is -2.53. The summed E-state index contributed by atoms with van der Waals surface area (Å²) < 4.78 is 11.7. The summed E-state index contributed by atoms with van der Waals surface area (Å²) in [5.41, 5.74) is 1.80. The lowest BCUT2D eigenvalue weighted by molar-refractivity contribution is -0.0817. The fourth-order valence-corrected chi connectivity index (χ4v) is 3.20. The molecule has 0 bridgehead atoms. The molecule has 2 heterocycles. The van der Waals surface area contributed by atoms with Crippen molar-refractivity contribution in [2.45, 2.75) is 31.6 Å². The Morgan fingerprint density at radius 2 is 2.08 bits per heavy atom. The van der Waals surface area contributed by atoms with Crippen molar-refractivity contribution in [2.24, 2.45) is 4.99 Å². The molecule has 24 heavy (non-hydrogen) atoms. The van der Waals surface area contributed by atoms with E-state index in [4.69, 9.17) is 14.7 Å². The average molecular weight is 328 g/mol. The highest BCUT2D eigenvalue weighted by atomic mass is 16.5. The lowest BCUT2D eigenvalue weighted by atomic mass is 10.1. The van der Waals surface area contributed by atoms with Crippen LogP contribution in [0.15, 0.2) is 29.3 Å². The molecular formula is C18H24N4O2. The number of nitriles is 1. The molecule has 2 aliphatic rings. The fourth-order valence-electron chi connectivity index (χ4n) is 3.20. The molecule has 6 heteroatoms. The van der Waals surface area contributed by atoms with E-state index in [0.29, 0.717) is 18.7 Å². The summed E-state index contributed by atoms with van der Waals surface area (Å²) in [5, 5.41) is 12.3. The highest BCUT2D eigenvalue weighted by Gasteiger charge is 2.32. The van der Waals surface area contributed by atoms with Crippen LogP contribution in [0.5, 0.6) is 0 Å². The minimum Gasteiger partial charge on any atom is -0.375 e. The SMILES string of the molecule is CN=C(NCc1ccc(C#N)cc1)N1CCOC(C2CCCO2)C1. The second-order valence-corrected chi connectivity index (χ2v) is 6.12. The molecule has 0 spiro atoms. The maximum absolute atomic E-state index is 8.86. The van der Waals surface area contributed by atoms with Crippen LogP contribution in [-0.4, -0.2) is 56.4 Å². The highest BCUT2D eigenvalue weighted by molar-refractivity contribution is 5.80. The standard InChI is InChI=1S/C18H24N4O2/c1-20-18(21-12-15-6-4-14(11-19)5-7-15)22-8-10-24-17(13-22)16-3-2-9-23-16/h4-7,16-17H,2-3,8-10,12-13H2,1H3,(H,20,21). The summed E-state index contributed by atoms with van der Waals surface area (Å²) in [6.07, 6.45) is 2.53. The number of nitrogens with zero attached hydrogens (tertiary/aromatic N) is 3. The van der Waals surface area contributed by atoms with Gasteiger partial charge in [-0.15, -0.1) is 0 Å². The summed E-state index contributed by atoms with van der Waals surface area (Å²) >= 11 is 0. The molecule has 2 fully saturated rings. The van der Waals surface area contributed by atoms with Gasteiger partial charge in [0, 0.05) is 33.3 Å². The number of aliphatic imine (C=N–C) groups is 1. The zero-order chi connectivity index (χ0) is 16.8. The first-order valence-corrected chi connectivity index (χ1v) is 8.48. The van der Waals surface area contributed by atoms with Crippen molar-refractivity contribution in [1.82, 2.24) is 10.2 Å². The number of morpholine rings is 1. The molecule has 2 aliphatic heterocycles. The number of guanidine groups is 1. The molecule has 1 aromatic rings. The van der Waals surface area contributed by atoms with E-state index in [1.807, 2.05) is 24.3 Å². The summed E-state index contributed by atoms with van der Waals surface area (Å²) in [6, 6.07) is 9.74. The number of hydrogen-bond donors (Lipinski definition) is 1. The van der Waals surface area contributed by atoms with Crippen LogP contribution in [0.3, 0.4) is 0 Å². The van der Waals surface area contributed by atoms with Crippen molar-refractivity contribution in [3.05, 3.63) is 35.4 Å². The van der Waals surface area contributed by atoms with E-state index >= 15 is 0 Å². The minimum absolute atomic E-state index is 0.120. The van der Waals surface area contributed by atoms with E-state index in [2.05, 4.69) is 21.3 Å². The molecule has 1 N–H and O–H groups in total. The normalized spacial score (nSPS) is 24.7. The van der Waals surface area contributed by atoms with Gasteiger partial charge in [-0.25, -0.2) is 0 Å². The van der Waals surface area contributed by atoms with Crippen LogP contribution in [0.25, 0.3) is 0 Å². The zero-order valence-corrected chi connectivity index (χ0v) is 14.1. The molecule has 0 radical (unpaired) electrons. The van der Waals surface area contributed by atoms with Gasteiger partial charge in [-0.3, -0.25) is 4.99 Å². The number of hydrogen-bond acceptors (Lipinski definition) is 4. The number of benzene rings is 1.